The van der Waals surface area contributed by atoms with E-state index in [0.29, 0.717) is 23.8 Å². The molecule has 0 aliphatic heterocycles. The molecule has 9 nitrogen and oxygen atoms in total. The van der Waals surface area contributed by atoms with Crippen LogP contribution in [0.2, 0.25) is 0 Å². The quantitative estimate of drug-likeness (QED) is 0.505. The fourth-order valence-corrected chi connectivity index (χ4v) is 2.15. The number of aromatic nitrogens is 3. The van der Waals surface area contributed by atoms with E-state index in [1.54, 1.807) is 42.6 Å². The molecule has 0 unspecified atom stereocenters. The van der Waals surface area contributed by atoms with Gasteiger partial charge in [0.15, 0.2) is 0 Å². The monoisotopic (exact) mass is 353 g/mol. The van der Waals surface area contributed by atoms with E-state index in [4.69, 9.17) is 9.47 Å². The highest BCUT2D eigenvalue weighted by molar-refractivity contribution is 5.69. The van der Waals surface area contributed by atoms with Crippen molar-refractivity contribution in [1.82, 2.24) is 15.0 Å². The van der Waals surface area contributed by atoms with Gasteiger partial charge < -0.3 is 14.8 Å². The summed E-state index contributed by atoms with van der Waals surface area (Å²) in [6.07, 6.45) is 4.20. The molecule has 9 heteroatoms. The van der Waals surface area contributed by atoms with Crippen LogP contribution >= 0.6 is 0 Å². The molecular weight excluding hydrogens is 338 g/mol. The lowest BCUT2D eigenvalue weighted by Gasteiger charge is -2.10. The summed E-state index contributed by atoms with van der Waals surface area (Å²) in [5, 5.41) is 14.4. The third-order valence-corrected chi connectivity index (χ3v) is 3.25. The summed E-state index contributed by atoms with van der Waals surface area (Å²) in [7, 11) is 0. The van der Waals surface area contributed by atoms with Crippen molar-refractivity contribution in [3.63, 3.8) is 0 Å². The van der Waals surface area contributed by atoms with Gasteiger partial charge in [-0.05, 0) is 43.3 Å². The molecule has 0 spiro atoms. The maximum absolute atomic E-state index is 11.5. The van der Waals surface area contributed by atoms with Gasteiger partial charge in [-0.1, -0.05) is 0 Å². The van der Waals surface area contributed by atoms with E-state index >= 15 is 0 Å². The van der Waals surface area contributed by atoms with Gasteiger partial charge in [-0.25, -0.2) is 4.98 Å². The average molecular weight is 353 g/mol. The van der Waals surface area contributed by atoms with Crippen LogP contribution in [0.5, 0.6) is 17.4 Å². The Kier molecular flexibility index (Phi) is 5.18. The zero-order valence-corrected chi connectivity index (χ0v) is 13.8. The molecule has 1 aromatic carbocycles. The normalized spacial score (nSPS) is 10.2. The predicted octanol–water partition coefficient (Wildman–Crippen LogP) is 3.71. The second-order valence-corrected chi connectivity index (χ2v) is 5.01. The van der Waals surface area contributed by atoms with Gasteiger partial charge in [0.1, 0.15) is 17.8 Å². The van der Waals surface area contributed by atoms with Crippen molar-refractivity contribution in [3.05, 3.63) is 65.2 Å². The highest BCUT2D eigenvalue weighted by Gasteiger charge is 2.25. The highest BCUT2D eigenvalue weighted by Crippen LogP contribution is 2.35. The van der Waals surface area contributed by atoms with E-state index in [-0.39, 0.29) is 17.4 Å². The molecule has 1 N–H and O–H groups in total. The number of pyridine rings is 1. The number of nitrogens with one attached hydrogen (secondary N) is 1. The molecule has 132 valence electrons. The van der Waals surface area contributed by atoms with Crippen molar-refractivity contribution in [2.24, 2.45) is 0 Å². The van der Waals surface area contributed by atoms with Crippen LogP contribution in [-0.2, 0) is 0 Å². The molecule has 0 saturated heterocycles. The third kappa shape index (κ3) is 4.01. The maximum Gasteiger partial charge on any atom is 0.373 e. The standard InChI is InChI=1S/C17H15N5O4/c1-2-25-13-7-5-12(6-8-13)21-16-15(22(23)24)17(20-11-19-16)26-14-4-3-9-18-10-14/h3-11H,2H2,1H3,(H,19,20,21). The lowest BCUT2D eigenvalue weighted by molar-refractivity contribution is -0.385. The number of rotatable bonds is 7. The van der Waals surface area contributed by atoms with Crippen LogP contribution in [0.15, 0.2) is 55.1 Å². The van der Waals surface area contributed by atoms with Crippen molar-refractivity contribution in [2.75, 3.05) is 11.9 Å². The van der Waals surface area contributed by atoms with Gasteiger partial charge in [0.2, 0.25) is 5.82 Å². The Hall–Kier alpha value is -3.75. The van der Waals surface area contributed by atoms with Crippen LogP contribution in [0, 0.1) is 10.1 Å². The second-order valence-electron chi connectivity index (χ2n) is 5.01. The SMILES string of the molecule is CCOc1ccc(Nc2ncnc(Oc3cccnc3)c2[N+](=O)[O-])cc1. The first-order valence-corrected chi connectivity index (χ1v) is 7.74. The van der Waals surface area contributed by atoms with Gasteiger partial charge in [0.25, 0.3) is 0 Å². The summed E-state index contributed by atoms with van der Waals surface area (Å²) in [6.45, 7) is 2.44. The molecule has 2 heterocycles. The van der Waals surface area contributed by atoms with Gasteiger partial charge in [0, 0.05) is 11.9 Å². The number of benzene rings is 1. The fourth-order valence-electron chi connectivity index (χ4n) is 2.15. The predicted molar refractivity (Wildman–Crippen MR) is 93.9 cm³/mol. The average Bonchev–Trinajstić information content (AvgIpc) is 2.64. The molecular formula is C17H15N5O4. The van der Waals surface area contributed by atoms with E-state index in [0.717, 1.165) is 0 Å². The summed E-state index contributed by atoms with van der Waals surface area (Å²) in [5.74, 6) is 0.886. The summed E-state index contributed by atoms with van der Waals surface area (Å²) in [6, 6.07) is 10.3. The minimum atomic E-state index is -0.595. The lowest BCUT2D eigenvalue weighted by atomic mass is 10.3. The van der Waals surface area contributed by atoms with Crippen molar-refractivity contribution in [2.45, 2.75) is 6.92 Å². The second kappa shape index (κ2) is 7.88. The molecule has 0 amide bonds. The minimum absolute atomic E-state index is 0.0213. The van der Waals surface area contributed by atoms with E-state index < -0.39 is 4.92 Å². The van der Waals surface area contributed by atoms with Gasteiger partial charge >= 0.3 is 11.6 Å². The Morgan fingerprint density at radius 2 is 1.96 bits per heavy atom. The number of nitrogens with zero attached hydrogens (tertiary/aromatic N) is 4. The maximum atomic E-state index is 11.5. The van der Waals surface area contributed by atoms with Crippen molar-refractivity contribution in [3.8, 4) is 17.4 Å². The third-order valence-electron chi connectivity index (χ3n) is 3.25. The van der Waals surface area contributed by atoms with Gasteiger partial charge in [-0.2, -0.15) is 4.98 Å². The Labute approximate surface area is 148 Å². The lowest BCUT2D eigenvalue weighted by Crippen LogP contribution is -2.03. The molecule has 26 heavy (non-hydrogen) atoms. The van der Waals surface area contributed by atoms with Crippen LogP contribution < -0.4 is 14.8 Å². The van der Waals surface area contributed by atoms with Crippen LogP contribution in [0.25, 0.3) is 0 Å². The summed E-state index contributed by atoms with van der Waals surface area (Å²) < 4.78 is 10.9. The first-order valence-electron chi connectivity index (χ1n) is 7.74. The van der Waals surface area contributed by atoms with Crippen LogP contribution in [0.3, 0.4) is 0 Å². The molecule has 3 aromatic rings. The smallest absolute Gasteiger partial charge is 0.373 e. The van der Waals surface area contributed by atoms with Crippen molar-refractivity contribution >= 4 is 17.2 Å². The molecule has 0 atom stereocenters. The first-order chi connectivity index (χ1) is 12.7. The van der Waals surface area contributed by atoms with Crippen molar-refractivity contribution in [1.29, 1.82) is 0 Å². The van der Waals surface area contributed by atoms with E-state index in [2.05, 4.69) is 20.3 Å². The molecule has 0 radical (unpaired) electrons. The molecule has 0 aliphatic rings. The topological polar surface area (TPSA) is 112 Å². The number of ether oxygens (including phenoxy) is 2. The molecule has 0 bridgehead atoms. The van der Waals surface area contributed by atoms with Gasteiger partial charge in [-0.15, -0.1) is 0 Å². The Balaban J connectivity index is 1.89. The number of nitro groups is 1. The van der Waals surface area contributed by atoms with E-state index in [1.165, 1.54) is 12.5 Å². The Morgan fingerprint density at radius 1 is 1.15 bits per heavy atom. The van der Waals surface area contributed by atoms with E-state index in [1.807, 2.05) is 6.92 Å². The summed E-state index contributed by atoms with van der Waals surface area (Å²) in [4.78, 5) is 22.7. The zero-order valence-electron chi connectivity index (χ0n) is 13.8. The van der Waals surface area contributed by atoms with Gasteiger partial charge in [-0.3, -0.25) is 15.1 Å². The highest BCUT2D eigenvalue weighted by atomic mass is 16.6. The zero-order chi connectivity index (χ0) is 18.4. The fraction of sp³-hybridized carbons (Fsp3) is 0.118. The Bertz CT molecular complexity index is 887. The van der Waals surface area contributed by atoms with Crippen LogP contribution in [-0.4, -0.2) is 26.5 Å². The molecule has 3 rings (SSSR count). The molecule has 0 saturated carbocycles. The summed E-state index contributed by atoms with van der Waals surface area (Å²) in [5.41, 5.74) is 0.243. The summed E-state index contributed by atoms with van der Waals surface area (Å²) >= 11 is 0. The van der Waals surface area contributed by atoms with Crippen molar-refractivity contribution < 1.29 is 14.4 Å². The van der Waals surface area contributed by atoms with Crippen LogP contribution in [0.4, 0.5) is 17.2 Å². The first kappa shape index (κ1) is 17.1. The largest absolute Gasteiger partial charge is 0.494 e. The van der Waals surface area contributed by atoms with Crippen LogP contribution in [0.1, 0.15) is 6.92 Å². The number of hydrogen-bond acceptors (Lipinski definition) is 8. The number of anilines is 2. The van der Waals surface area contributed by atoms with E-state index in [9.17, 15) is 10.1 Å². The number of hydrogen-bond donors (Lipinski definition) is 1. The molecule has 2 aromatic heterocycles. The minimum Gasteiger partial charge on any atom is -0.494 e. The molecule has 0 fully saturated rings. The van der Waals surface area contributed by atoms with Gasteiger partial charge in [0.05, 0.1) is 17.7 Å². The Morgan fingerprint density at radius 3 is 2.62 bits per heavy atom. The molecule has 0 aliphatic carbocycles.